The Hall–Kier alpha value is -1.27. The number of hydrogen-bond donors (Lipinski definition) is 1. The van der Waals surface area contributed by atoms with Crippen LogP contribution in [-0.2, 0) is 14.8 Å². The van der Waals surface area contributed by atoms with Crippen LogP contribution in [0.25, 0.3) is 0 Å². The van der Waals surface area contributed by atoms with E-state index in [9.17, 15) is 13.2 Å². The first kappa shape index (κ1) is 19.8. The number of rotatable bonds is 8. The summed E-state index contributed by atoms with van der Waals surface area (Å²) < 4.78 is 25.2. The number of anilines is 1. The summed E-state index contributed by atoms with van der Waals surface area (Å²) in [5.41, 5.74) is 0.549. The third-order valence-corrected chi connectivity index (χ3v) is 5.11. The van der Waals surface area contributed by atoms with Gasteiger partial charge in [0.25, 0.3) is 0 Å². The van der Waals surface area contributed by atoms with Gasteiger partial charge in [-0.3, -0.25) is 9.10 Å². The van der Waals surface area contributed by atoms with Gasteiger partial charge in [0.05, 0.1) is 11.9 Å². The Balaban J connectivity index is 2.63. The second kappa shape index (κ2) is 8.55. The molecule has 0 bridgehead atoms. The van der Waals surface area contributed by atoms with Gasteiger partial charge in [-0.05, 0) is 43.5 Å². The lowest BCUT2D eigenvalue weighted by Crippen LogP contribution is -2.37. The molecule has 1 aromatic carbocycles. The van der Waals surface area contributed by atoms with Crippen LogP contribution in [0.15, 0.2) is 24.3 Å². The van der Waals surface area contributed by atoms with Gasteiger partial charge in [-0.25, -0.2) is 8.42 Å². The molecule has 0 aliphatic rings. The van der Waals surface area contributed by atoms with E-state index in [2.05, 4.69) is 5.32 Å². The molecule has 0 aromatic heterocycles. The van der Waals surface area contributed by atoms with E-state index in [4.69, 9.17) is 11.6 Å². The van der Waals surface area contributed by atoms with Crippen molar-refractivity contribution >= 4 is 33.2 Å². The number of nitrogens with zero attached hydrogens (tertiary/aromatic N) is 1. The van der Waals surface area contributed by atoms with Crippen LogP contribution in [0.4, 0.5) is 5.69 Å². The van der Waals surface area contributed by atoms with E-state index >= 15 is 0 Å². The number of carbonyl (C=O) groups is 1. The van der Waals surface area contributed by atoms with Gasteiger partial charge >= 0.3 is 0 Å². The molecule has 0 aliphatic carbocycles. The fourth-order valence-corrected chi connectivity index (χ4v) is 3.06. The van der Waals surface area contributed by atoms with Crippen molar-refractivity contribution in [1.29, 1.82) is 0 Å². The first-order valence-corrected chi connectivity index (χ1v) is 9.86. The minimum Gasteiger partial charge on any atom is -0.353 e. The zero-order valence-corrected chi connectivity index (χ0v) is 15.6. The van der Waals surface area contributed by atoms with Crippen molar-refractivity contribution in [3.63, 3.8) is 0 Å². The topological polar surface area (TPSA) is 66.5 Å². The van der Waals surface area contributed by atoms with Crippen molar-refractivity contribution in [1.82, 2.24) is 5.32 Å². The summed E-state index contributed by atoms with van der Waals surface area (Å²) in [6.45, 7) is 6.29. The first-order valence-electron chi connectivity index (χ1n) is 7.64. The van der Waals surface area contributed by atoms with Gasteiger partial charge in [-0.1, -0.05) is 25.4 Å². The standard InChI is InChI=1S/C16H25ClN2O3S/c1-12(2)13(3)18-16(20)6-5-11-19(23(4,21)22)15-9-7-14(17)8-10-15/h7-10,12-13H,5-6,11H2,1-4H3,(H,18,20)/t13-/m0/s1. The zero-order valence-electron chi connectivity index (χ0n) is 14.0. The van der Waals surface area contributed by atoms with Gasteiger partial charge < -0.3 is 5.32 Å². The van der Waals surface area contributed by atoms with Gasteiger partial charge in [-0.15, -0.1) is 0 Å². The van der Waals surface area contributed by atoms with E-state index in [1.807, 2.05) is 20.8 Å². The van der Waals surface area contributed by atoms with Crippen molar-refractivity contribution in [3.8, 4) is 0 Å². The van der Waals surface area contributed by atoms with E-state index in [1.54, 1.807) is 24.3 Å². The maximum atomic E-state index is 12.0. The van der Waals surface area contributed by atoms with Crippen molar-refractivity contribution in [3.05, 3.63) is 29.3 Å². The highest BCUT2D eigenvalue weighted by Crippen LogP contribution is 2.20. The number of halogens is 1. The van der Waals surface area contributed by atoms with Crippen LogP contribution in [0.5, 0.6) is 0 Å². The summed E-state index contributed by atoms with van der Waals surface area (Å²) in [4.78, 5) is 11.9. The molecule has 0 unspecified atom stereocenters. The van der Waals surface area contributed by atoms with Gasteiger partial charge in [0.2, 0.25) is 15.9 Å². The quantitative estimate of drug-likeness (QED) is 0.774. The van der Waals surface area contributed by atoms with E-state index in [0.717, 1.165) is 6.26 Å². The lowest BCUT2D eigenvalue weighted by atomic mass is 10.1. The number of benzene rings is 1. The van der Waals surface area contributed by atoms with Crippen molar-refractivity contribution in [2.45, 2.75) is 39.7 Å². The van der Waals surface area contributed by atoms with E-state index in [0.29, 0.717) is 23.0 Å². The molecule has 0 spiro atoms. The first-order chi connectivity index (χ1) is 10.6. The van der Waals surface area contributed by atoms with E-state index < -0.39 is 10.0 Å². The Morgan fingerprint density at radius 3 is 2.26 bits per heavy atom. The lowest BCUT2D eigenvalue weighted by Gasteiger charge is -2.23. The van der Waals surface area contributed by atoms with Crippen LogP contribution in [0.3, 0.4) is 0 Å². The molecule has 0 aliphatic heterocycles. The molecule has 23 heavy (non-hydrogen) atoms. The van der Waals surface area contributed by atoms with E-state index in [-0.39, 0.29) is 24.9 Å². The highest BCUT2D eigenvalue weighted by molar-refractivity contribution is 7.92. The van der Waals surface area contributed by atoms with Crippen molar-refractivity contribution in [2.24, 2.45) is 5.92 Å². The fourth-order valence-electron chi connectivity index (χ4n) is 1.97. The molecule has 0 saturated heterocycles. The van der Waals surface area contributed by atoms with Crippen LogP contribution in [0.1, 0.15) is 33.6 Å². The molecule has 0 saturated carbocycles. The molecule has 0 fully saturated rings. The average Bonchev–Trinajstić information content (AvgIpc) is 2.43. The third-order valence-electron chi connectivity index (χ3n) is 3.67. The maximum Gasteiger partial charge on any atom is 0.232 e. The van der Waals surface area contributed by atoms with Crippen LogP contribution >= 0.6 is 11.6 Å². The second-order valence-corrected chi connectivity index (χ2v) is 8.36. The van der Waals surface area contributed by atoms with Crippen LogP contribution < -0.4 is 9.62 Å². The number of amides is 1. The largest absolute Gasteiger partial charge is 0.353 e. The molecule has 1 atom stereocenters. The highest BCUT2D eigenvalue weighted by atomic mass is 35.5. The molecule has 1 N–H and O–H groups in total. The molecule has 1 rings (SSSR count). The Morgan fingerprint density at radius 2 is 1.78 bits per heavy atom. The molecule has 1 amide bonds. The number of nitrogens with one attached hydrogen (secondary N) is 1. The fraction of sp³-hybridized carbons (Fsp3) is 0.562. The smallest absolute Gasteiger partial charge is 0.232 e. The molecule has 0 heterocycles. The van der Waals surface area contributed by atoms with Gasteiger partial charge in [0, 0.05) is 24.0 Å². The minimum absolute atomic E-state index is 0.0595. The maximum absolute atomic E-state index is 12.0. The molecular formula is C16H25ClN2O3S. The molecule has 5 nitrogen and oxygen atoms in total. The lowest BCUT2D eigenvalue weighted by molar-refractivity contribution is -0.122. The Labute approximate surface area is 144 Å². The molecule has 7 heteroatoms. The Morgan fingerprint density at radius 1 is 1.22 bits per heavy atom. The molecule has 1 aromatic rings. The average molecular weight is 361 g/mol. The third kappa shape index (κ3) is 6.79. The predicted molar refractivity (Wildman–Crippen MR) is 95.3 cm³/mol. The van der Waals surface area contributed by atoms with Crippen LogP contribution in [0.2, 0.25) is 5.02 Å². The number of carbonyl (C=O) groups excluding carboxylic acids is 1. The van der Waals surface area contributed by atoms with Gasteiger partial charge in [0.15, 0.2) is 0 Å². The number of hydrogen-bond acceptors (Lipinski definition) is 3. The van der Waals surface area contributed by atoms with Crippen molar-refractivity contribution < 1.29 is 13.2 Å². The summed E-state index contributed by atoms with van der Waals surface area (Å²) in [6.07, 6.45) is 1.89. The minimum atomic E-state index is -3.41. The summed E-state index contributed by atoms with van der Waals surface area (Å²) in [5, 5.41) is 3.46. The summed E-state index contributed by atoms with van der Waals surface area (Å²) in [7, 11) is -3.41. The summed E-state index contributed by atoms with van der Waals surface area (Å²) >= 11 is 5.83. The highest BCUT2D eigenvalue weighted by Gasteiger charge is 2.18. The molecule has 0 radical (unpaired) electrons. The van der Waals surface area contributed by atoms with E-state index in [1.165, 1.54) is 4.31 Å². The second-order valence-electron chi connectivity index (χ2n) is 6.02. The Bertz CT molecular complexity index is 615. The molecular weight excluding hydrogens is 336 g/mol. The molecule has 130 valence electrons. The van der Waals surface area contributed by atoms with Gasteiger partial charge in [-0.2, -0.15) is 0 Å². The number of sulfonamides is 1. The predicted octanol–water partition coefficient (Wildman–Crippen LogP) is 3.05. The van der Waals surface area contributed by atoms with Crippen LogP contribution in [0, 0.1) is 5.92 Å². The van der Waals surface area contributed by atoms with Crippen LogP contribution in [-0.4, -0.2) is 33.2 Å². The monoisotopic (exact) mass is 360 g/mol. The normalized spacial score (nSPS) is 13.0. The zero-order chi connectivity index (χ0) is 17.6. The van der Waals surface area contributed by atoms with Gasteiger partial charge in [0.1, 0.15) is 0 Å². The summed E-state index contributed by atoms with van der Waals surface area (Å²) in [5.74, 6) is 0.302. The Kier molecular flexibility index (Phi) is 7.35. The SMILES string of the molecule is CC(C)[C@H](C)NC(=O)CCCN(c1ccc(Cl)cc1)S(C)(=O)=O. The van der Waals surface area contributed by atoms with Crippen molar-refractivity contribution in [2.75, 3.05) is 17.1 Å². The summed E-state index contributed by atoms with van der Waals surface area (Å²) in [6, 6.07) is 6.71.